The molecular formula is C19H23FN2O2. The molecule has 4 nitrogen and oxygen atoms in total. The Kier molecular flexibility index (Phi) is 6.32. The van der Waals surface area contributed by atoms with Crippen LogP contribution in [0.5, 0.6) is 5.75 Å². The van der Waals surface area contributed by atoms with Crippen LogP contribution in [0, 0.1) is 5.82 Å². The van der Waals surface area contributed by atoms with Crippen LogP contribution >= 0.6 is 0 Å². The van der Waals surface area contributed by atoms with Crippen molar-refractivity contribution >= 4 is 11.6 Å². The van der Waals surface area contributed by atoms with E-state index in [1.54, 1.807) is 12.1 Å². The normalized spacial score (nSPS) is 12.0. The number of carbonyl (C=O) groups is 1. The zero-order valence-electron chi connectivity index (χ0n) is 14.3. The Bertz CT molecular complexity index is 656. The highest BCUT2D eigenvalue weighted by atomic mass is 19.1. The number of hydrogen-bond donors (Lipinski definition) is 1. The topological polar surface area (TPSA) is 41.6 Å². The van der Waals surface area contributed by atoms with Crippen LogP contribution in [0.2, 0.25) is 0 Å². The molecule has 2 rings (SSSR count). The van der Waals surface area contributed by atoms with E-state index in [0.29, 0.717) is 18.8 Å². The first kappa shape index (κ1) is 17.9. The number of hydrogen-bond acceptors (Lipinski definition) is 3. The lowest BCUT2D eigenvalue weighted by Crippen LogP contribution is -2.39. The maximum absolute atomic E-state index is 12.9. The van der Waals surface area contributed by atoms with E-state index in [1.165, 1.54) is 12.1 Å². The molecule has 2 aromatic carbocycles. The fourth-order valence-corrected chi connectivity index (χ4v) is 2.26. The van der Waals surface area contributed by atoms with Crippen LogP contribution in [0.1, 0.15) is 19.4 Å². The highest BCUT2D eigenvalue weighted by Gasteiger charge is 2.18. The summed E-state index contributed by atoms with van der Waals surface area (Å²) in [4.78, 5) is 14.3. The van der Waals surface area contributed by atoms with Crippen LogP contribution in [0.4, 0.5) is 10.1 Å². The molecule has 0 fully saturated rings. The van der Waals surface area contributed by atoms with Crippen LogP contribution in [0.25, 0.3) is 0 Å². The molecule has 1 amide bonds. The van der Waals surface area contributed by atoms with E-state index in [9.17, 15) is 9.18 Å². The van der Waals surface area contributed by atoms with Gasteiger partial charge >= 0.3 is 0 Å². The van der Waals surface area contributed by atoms with E-state index >= 15 is 0 Å². The van der Waals surface area contributed by atoms with Gasteiger partial charge in [0.1, 0.15) is 11.6 Å². The predicted octanol–water partition coefficient (Wildman–Crippen LogP) is 3.68. The van der Waals surface area contributed by atoms with E-state index in [2.05, 4.69) is 5.32 Å². The second kappa shape index (κ2) is 8.45. The highest BCUT2D eigenvalue weighted by Crippen LogP contribution is 2.15. The van der Waals surface area contributed by atoms with Gasteiger partial charge in [-0.05, 0) is 62.9 Å². The van der Waals surface area contributed by atoms with Gasteiger partial charge in [0, 0.05) is 12.2 Å². The zero-order valence-corrected chi connectivity index (χ0v) is 14.3. The second-order valence-corrected chi connectivity index (χ2v) is 5.66. The third kappa shape index (κ3) is 5.06. The number of benzene rings is 2. The van der Waals surface area contributed by atoms with Crippen molar-refractivity contribution in [2.75, 3.05) is 19.0 Å². The minimum Gasteiger partial charge on any atom is -0.494 e. The van der Waals surface area contributed by atoms with Crippen LogP contribution in [0.3, 0.4) is 0 Å². The molecule has 0 saturated carbocycles. The van der Waals surface area contributed by atoms with Gasteiger partial charge in [0.2, 0.25) is 5.91 Å². The Morgan fingerprint density at radius 3 is 2.38 bits per heavy atom. The number of amides is 1. The summed E-state index contributed by atoms with van der Waals surface area (Å²) in [6.07, 6.45) is 0. The van der Waals surface area contributed by atoms with Crippen molar-refractivity contribution in [3.8, 4) is 5.75 Å². The number of rotatable bonds is 7. The molecule has 0 aliphatic carbocycles. The standard InChI is InChI=1S/C19H23FN2O2/c1-4-24-18-11-5-15(6-12-18)13-22(3)14(2)19(23)21-17-9-7-16(20)8-10-17/h5-12,14H,4,13H2,1-3H3,(H,21,23)/t14-/m0/s1. The Balaban J connectivity index is 1.91. The van der Waals surface area contributed by atoms with Crippen molar-refractivity contribution in [1.29, 1.82) is 0 Å². The van der Waals surface area contributed by atoms with Gasteiger partial charge in [-0.3, -0.25) is 9.69 Å². The third-order valence-corrected chi connectivity index (χ3v) is 3.82. The lowest BCUT2D eigenvalue weighted by molar-refractivity contribution is -0.120. The number of nitrogens with one attached hydrogen (secondary N) is 1. The van der Waals surface area contributed by atoms with Gasteiger partial charge in [-0.2, -0.15) is 0 Å². The summed E-state index contributed by atoms with van der Waals surface area (Å²) in [7, 11) is 1.89. The molecule has 24 heavy (non-hydrogen) atoms. The van der Waals surface area contributed by atoms with Gasteiger partial charge in [-0.15, -0.1) is 0 Å². The molecule has 0 bridgehead atoms. The van der Waals surface area contributed by atoms with E-state index in [0.717, 1.165) is 11.3 Å². The fourth-order valence-electron chi connectivity index (χ4n) is 2.26. The zero-order chi connectivity index (χ0) is 17.5. The van der Waals surface area contributed by atoms with Gasteiger partial charge in [0.05, 0.1) is 12.6 Å². The number of halogens is 1. The lowest BCUT2D eigenvalue weighted by atomic mass is 10.1. The van der Waals surface area contributed by atoms with Gasteiger partial charge < -0.3 is 10.1 Å². The summed E-state index contributed by atoms with van der Waals surface area (Å²) in [5, 5.41) is 2.79. The third-order valence-electron chi connectivity index (χ3n) is 3.82. The van der Waals surface area contributed by atoms with E-state index in [4.69, 9.17) is 4.74 Å². The molecule has 0 unspecified atom stereocenters. The number of ether oxygens (including phenoxy) is 1. The predicted molar refractivity (Wildman–Crippen MR) is 93.6 cm³/mol. The number of carbonyl (C=O) groups excluding carboxylic acids is 1. The maximum atomic E-state index is 12.9. The average Bonchev–Trinajstić information content (AvgIpc) is 2.58. The average molecular weight is 330 g/mol. The number of likely N-dealkylation sites (N-methyl/N-ethyl adjacent to an activating group) is 1. The SMILES string of the molecule is CCOc1ccc(CN(C)[C@@H](C)C(=O)Nc2ccc(F)cc2)cc1. The summed E-state index contributed by atoms with van der Waals surface area (Å²) in [5.41, 5.74) is 1.69. The minimum atomic E-state index is -0.325. The van der Waals surface area contributed by atoms with Crippen molar-refractivity contribution in [3.05, 3.63) is 59.9 Å². The van der Waals surface area contributed by atoms with Crippen molar-refractivity contribution in [2.45, 2.75) is 26.4 Å². The highest BCUT2D eigenvalue weighted by molar-refractivity contribution is 5.94. The molecule has 128 valence electrons. The van der Waals surface area contributed by atoms with Gasteiger partial charge in [-0.25, -0.2) is 4.39 Å². The molecule has 1 N–H and O–H groups in total. The van der Waals surface area contributed by atoms with E-state index < -0.39 is 0 Å². The monoisotopic (exact) mass is 330 g/mol. The molecule has 1 atom stereocenters. The summed E-state index contributed by atoms with van der Waals surface area (Å²) in [6.45, 7) is 5.07. The van der Waals surface area contributed by atoms with Gasteiger partial charge in [0.25, 0.3) is 0 Å². The van der Waals surface area contributed by atoms with Crippen LogP contribution in [0.15, 0.2) is 48.5 Å². The molecule has 0 saturated heterocycles. The minimum absolute atomic E-state index is 0.130. The molecule has 0 radical (unpaired) electrons. The molecule has 2 aromatic rings. The second-order valence-electron chi connectivity index (χ2n) is 5.66. The Labute approximate surface area is 142 Å². The van der Waals surface area contributed by atoms with Crippen molar-refractivity contribution in [2.24, 2.45) is 0 Å². The molecule has 0 aliphatic heterocycles. The molecule has 5 heteroatoms. The molecule has 0 aromatic heterocycles. The Morgan fingerprint density at radius 2 is 1.79 bits per heavy atom. The van der Waals surface area contributed by atoms with E-state index in [-0.39, 0.29) is 17.8 Å². The molecule has 0 spiro atoms. The van der Waals surface area contributed by atoms with Gasteiger partial charge in [-0.1, -0.05) is 12.1 Å². The smallest absolute Gasteiger partial charge is 0.241 e. The first-order valence-corrected chi connectivity index (χ1v) is 7.98. The number of nitrogens with zero attached hydrogens (tertiary/aromatic N) is 1. The van der Waals surface area contributed by atoms with Crippen molar-refractivity contribution in [1.82, 2.24) is 4.90 Å². The molecular weight excluding hydrogens is 307 g/mol. The van der Waals surface area contributed by atoms with Crippen LogP contribution < -0.4 is 10.1 Å². The van der Waals surface area contributed by atoms with Crippen molar-refractivity contribution < 1.29 is 13.9 Å². The van der Waals surface area contributed by atoms with Crippen molar-refractivity contribution in [3.63, 3.8) is 0 Å². The lowest BCUT2D eigenvalue weighted by Gasteiger charge is -2.24. The van der Waals surface area contributed by atoms with Gasteiger partial charge in [0.15, 0.2) is 0 Å². The largest absolute Gasteiger partial charge is 0.494 e. The molecule has 0 heterocycles. The summed E-state index contributed by atoms with van der Waals surface area (Å²) < 4.78 is 18.3. The quantitative estimate of drug-likeness (QED) is 0.842. The Morgan fingerprint density at radius 1 is 1.17 bits per heavy atom. The summed E-state index contributed by atoms with van der Waals surface area (Å²) >= 11 is 0. The van der Waals surface area contributed by atoms with E-state index in [1.807, 2.05) is 50.1 Å². The first-order valence-electron chi connectivity index (χ1n) is 7.98. The van der Waals surface area contributed by atoms with Crippen LogP contribution in [-0.4, -0.2) is 30.5 Å². The maximum Gasteiger partial charge on any atom is 0.241 e. The van der Waals surface area contributed by atoms with Crippen LogP contribution in [-0.2, 0) is 11.3 Å². The molecule has 0 aliphatic rings. The fraction of sp³-hybridized carbons (Fsp3) is 0.316. The first-order chi connectivity index (χ1) is 11.5. The Hall–Kier alpha value is -2.40. The number of anilines is 1. The summed E-state index contributed by atoms with van der Waals surface area (Å²) in [6, 6.07) is 13.3. The summed E-state index contributed by atoms with van der Waals surface area (Å²) in [5.74, 6) is 0.384.